The Morgan fingerprint density at radius 3 is 2.93 bits per heavy atom. The molecule has 2 aromatic carbocycles. The fourth-order valence-electron chi connectivity index (χ4n) is 4.12. The number of benzene rings is 2. The van der Waals surface area contributed by atoms with Gasteiger partial charge in [-0.1, -0.05) is 48.9 Å². The van der Waals surface area contributed by atoms with Gasteiger partial charge < -0.3 is 20.3 Å². The fourth-order valence-corrected chi connectivity index (χ4v) is 5.52. The predicted molar refractivity (Wildman–Crippen MR) is 119 cm³/mol. The molecule has 1 aliphatic rings. The van der Waals surface area contributed by atoms with Crippen molar-refractivity contribution >= 4 is 40.1 Å². The number of hydrogen-bond acceptors (Lipinski definition) is 6. The number of aromatic nitrogens is 1. The number of unbranched alkanes of at least 4 members (excludes halogenated alkanes) is 1. The number of phosphoric acid groups is 1. The molecule has 1 aliphatic carbocycles. The van der Waals surface area contributed by atoms with Crippen molar-refractivity contribution in [3.05, 3.63) is 35.9 Å². The molecular weight excluding hydrogens is 423 g/mol. The van der Waals surface area contributed by atoms with Gasteiger partial charge in [-0.15, -0.1) is 0 Å². The lowest BCUT2D eigenvalue weighted by atomic mass is 9.92. The molecule has 1 saturated carbocycles. The smallest absolute Gasteiger partial charge is 0.469 e. The molecule has 1 heterocycles. The number of phosphoric ester groups is 1. The first-order chi connectivity index (χ1) is 14.3. The van der Waals surface area contributed by atoms with Crippen LogP contribution >= 0.6 is 19.2 Å². The minimum absolute atomic E-state index is 0.135. The number of hydrogen-bond donors (Lipinski definition) is 3. The largest absolute Gasteiger partial charge is 0.470 e. The van der Waals surface area contributed by atoms with Crippen LogP contribution in [0.4, 0.5) is 0 Å². The van der Waals surface area contributed by atoms with Crippen molar-refractivity contribution in [1.29, 1.82) is 0 Å². The first-order valence-corrected chi connectivity index (χ1v) is 12.6. The third-order valence-corrected chi connectivity index (χ3v) is 7.22. The Morgan fingerprint density at radius 1 is 1.33 bits per heavy atom. The monoisotopic (exact) mass is 450 g/mol. The number of thiazole rings is 1. The molecule has 0 spiro atoms. The average molecular weight is 450 g/mol. The van der Waals surface area contributed by atoms with Crippen LogP contribution in [-0.4, -0.2) is 33.5 Å². The summed E-state index contributed by atoms with van der Waals surface area (Å²) in [5.41, 5.74) is 7.77. The van der Waals surface area contributed by atoms with E-state index < -0.39 is 13.4 Å². The molecule has 0 amide bonds. The van der Waals surface area contributed by atoms with Crippen molar-refractivity contribution in [3.8, 4) is 5.19 Å². The Hall–Kier alpha value is -1.54. The van der Waals surface area contributed by atoms with Gasteiger partial charge in [0.05, 0.1) is 23.4 Å². The molecule has 9 heteroatoms. The zero-order valence-corrected chi connectivity index (χ0v) is 18.6. The number of nitrogens with zero attached hydrogens (tertiary/aromatic N) is 1. The van der Waals surface area contributed by atoms with Crippen LogP contribution in [-0.2, 0) is 9.09 Å². The summed E-state index contributed by atoms with van der Waals surface area (Å²) < 4.78 is 22.6. The van der Waals surface area contributed by atoms with E-state index in [1.807, 2.05) is 6.07 Å². The van der Waals surface area contributed by atoms with Crippen LogP contribution in [0, 0.1) is 0 Å². The maximum Gasteiger partial charge on any atom is 0.469 e. The molecule has 0 aliphatic heterocycles. The van der Waals surface area contributed by atoms with Crippen LogP contribution in [0.2, 0.25) is 0 Å². The summed E-state index contributed by atoms with van der Waals surface area (Å²) in [6.45, 7) is 2.69. The maximum absolute atomic E-state index is 11.0. The van der Waals surface area contributed by atoms with Gasteiger partial charge in [0.2, 0.25) is 0 Å². The maximum atomic E-state index is 11.0. The minimum atomic E-state index is -4.51. The minimum Gasteiger partial charge on any atom is -0.470 e. The van der Waals surface area contributed by atoms with Crippen LogP contribution in [0.15, 0.2) is 30.3 Å². The second-order valence-electron chi connectivity index (χ2n) is 8.14. The standard InChI is InChI=1S/C21H27N2O5PS/c1-2-3-10-27-20-23-18-7-5-15-11-14(4-6-17(15)19(18)30-20)16-8-9-21(22,12-16)13-28-29(24,25)26/h4-7,11,16H,2-3,8-10,12-13,22H2,1H3,(H2,24,25,26)/t16-,21+/m0/s1. The van der Waals surface area contributed by atoms with Gasteiger partial charge in [0.15, 0.2) is 0 Å². The summed E-state index contributed by atoms with van der Waals surface area (Å²) in [7, 11) is -4.51. The summed E-state index contributed by atoms with van der Waals surface area (Å²) in [5, 5.41) is 3.01. The number of rotatable bonds is 8. The fraction of sp³-hybridized carbons (Fsp3) is 0.476. The van der Waals surface area contributed by atoms with Gasteiger partial charge in [0, 0.05) is 10.9 Å². The van der Waals surface area contributed by atoms with Crippen LogP contribution < -0.4 is 10.5 Å². The molecule has 2 atom stereocenters. The van der Waals surface area contributed by atoms with Gasteiger partial charge in [-0.2, -0.15) is 0 Å². The molecule has 4 N–H and O–H groups in total. The van der Waals surface area contributed by atoms with Gasteiger partial charge in [-0.25, -0.2) is 9.55 Å². The SMILES string of the molecule is CCCCOc1nc2ccc3cc([C@H]4CC[C@](N)(COP(=O)(O)O)C4)ccc3c2s1. The van der Waals surface area contributed by atoms with E-state index in [9.17, 15) is 4.57 Å². The third kappa shape index (κ3) is 4.85. The molecule has 7 nitrogen and oxygen atoms in total. The Bertz CT molecular complexity index is 1100. The highest BCUT2D eigenvalue weighted by atomic mass is 32.1. The van der Waals surface area contributed by atoms with E-state index in [0.29, 0.717) is 24.6 Å². The van der Waals surface area contributed by atoms with Gasteiger partial charge in [-0.3, -0.25) is 4.52 Å². The highest BCUT2D eigenvalue weighted by molar-refractivity contribution is 7.46. The highest BCUT2D eigenvalue weighted by Gasteiger charge is 2.38. The second-order valence-corrected chi connectivity index (χ2v) is 10.3. The summed E-state index contributed by atoms with van der Waals surface area (Å²) in [6.07, 6.45) is 4.28. The quantitative estimate of drug-likeness (QED) is 0.336. The summed E-state index contributed by atoms with van der Waals surface area (Å²) in [4.78, 5) is 22.5. The molecule has 0 radical (unpaired) electrons. The van der Waals surface area contributed by atoms with E-state index in [4.69, 9.17) is 20.3 Å². The van der Waals surface area contributed by atoms with Crippen LogP contribution in [0.25, 0.3) is 21.0 Å². The van der Waals surface area contributed by atoms with E-state index >= 15 is 0 Å². The molecule has 0 unspecified atom stereocenters. The molecule has 30 heavy (non-hydrogen) atoms. The van der Waals surface area contributed by atoms with Crippen molar-refractivity contribution in [2.45, 2.75) is 50.5 Å². The molecule has 162 valence electrons. The van der Waals surface area contributed by atoms with Crippen molar-refractivity contribution in [2.75, 3.05) is 13.2 Å². The van der Waals surface area contributed by atoms with Crippen molar-refractivity contribution in [1.82, 2.24) is 4.98 Å². The van der Waals surface area contributed by atoms with Gasteiger partial charge in [-0.05, 0) is 48.6 Å². The second kappa shape index (κ2) is 8.54. The molecule has 1 aromatic heterocycles. The molecule has 1 fully saturated rings. The lowest BCUT2D eigenvalue weighted by molar-refractivity contribution is 0.153. The normalized spacial score (nSPS) is 22.2. The summed E-state index contributed by atoms with van der Waals surface area (Å²) in [6, 6.07) is 10.5. The number of fused-ring (bicyclic) bond motifs is 3. The Morgan fingerprint density at radius 2 is 2.17 bits per heavy atom. The Balaban J connectivity index is 1.53. The number of nitrogens with two attached hydrogens (primary N) is 1. The van der Waals surface area contributed by atoms with Crippen LogP contribution in [0.5, 0.6) is 5.19 Å². The van der Waals surface area contributed by atoms with Gasteiger partial charge in [0.1, 0.15) is 0 Å². The molecular formula is C21H27N2O5PS. The van der Waals surface area contributed by atoms with Crippen molar-refractivity contribution in [2.24, 2.45) is 5.73 Å². The lowest BCUT2D eigenvalue weighted by Crippen LogP contribution is -2.41. The van der Waals surface area contributed by atoms with Crippen molar-refractivity contribution in [3.63, 3.8) is 0 Å². The Kier molecular flexibility index (Phi) is 6.17. The first kappa shape index (κ1) is 21.7. The van der Waals surface area contributed by atoms with E-state index in [2.05, 4.69) is 40.7 Å². The molecule has 4 rings (SSSR count). The molecule has 0 bridgehead atoms. The zero-order valence-electron chi connectivity index (χ0n) is 16.9. The lowest BCUT2D eigenvalue weighted by Gasteiger charge is -2.24. The van der Waals surface area contributed by atoms with Gasteiger partial charge >= 0.3 is 7.82 Å². The average Bonchev–Trinajstić information content (AvgIpc) is 3.30. The van der Waals surface area contributed by atoms with E-state index in [0.717, 1.165) is 40.3 Å². The topological polar surface area (TPSA) is 115 Å². The van der Waals surface area contributed by atoms with Crippen LogP contribution in [0.3, 0.4) is 0 Å². The zero-order chi connectivity index (χ0) is 21.4. The number of ether oxygens (including phenoxy) is 1. The first-order valence-electron chi connectivity index (χ1n) is 10.2. The summed E-state index contributed by atoms with van der Waals surface area (Å²) in [5.74, 6) is 0.241. The molecule has 0 saturated heterocycles. The van der Waals surface area contributed by atoms with E-state index in [-0.39, 0.29) is 12.5 Å². The van der Waals surface area contributed by atoms with Gasteiger partial charge in [0.25, 0.3) is 5.19 Å². The van der Waals surface area contributed by atoms with Crippen LogP contribution in [0.1, 0.15) is 50.5 Å². The van der Waals surface area contributed by atoms with E-state index in [1.165, 1.54) is 5.56 Å². The highest BCUT2D eigenvalue weighted by Crippen LogP contribution is 2.44. The summed E-state index contributed by atoms with van der Waals surface area (Å²) >= 11 is 1.58. The predicted octanol–water partition coefficient (Wildman–Crippen LogP) is 4.70. The van der Waals surface area contributed by atoms with E-state index in [1.54, 1.807) is 11.3 Å². The third-order valence-electron chi connectivity index (χ3n) is 5.73. The Labute approximate surface area is 179 Å². The molecule has 3 aromatic rings. The van der Waals surface area contributed by atoms with Crippen molar-refractivity contribution < 1.29 is 23.6 Å².